The van der Waals surface area contributed by atoms with E-state index in [4.69, 9.17) is 9.47 Å². The van der Waals surface area contributed by atoms with E-state index in [1.807, 2.05) is 0 Å². The van der Waals surface area contributed by atoms with E-state index in [2.05, 4.69) is 18.3 Å². The molecule has 1 spiro atoms. The number of thiophene rings is 1. The van der Waals surface area contributed by atoms with Crippen molar-refractivity contribution < 1.29 is 19.2 Å². The molecule has 1 amide bonds. The third-order valence-electron chi connectivity index (χ3n) is 6.25. The number of rotatable bonds is 4. The zero-order valence-corrected chi connectivity index (χ0v) is 16.8. The molecule has 3 aliphatic rings. The number of piperidine rings is 1. The number of quaternary nitrogens is 1. The van der Waals surface area contributed by atoms with Crippen LogP contribution in [0.15, 0.2) is 0 Å². The SMILES string of the molecule is CC[C@H]1CCc2c(sc(NC(=O)C[NH+]3CCC4(CC3)OCCO4)c2C#N)C1. The fourth-order valence-corrected chi connectivity index (χ4v) is 5.88. The van der Waals surface area contributed by atoms with Crippen molar-refractivity contribution in [2.24, 2.45) is 5.92 Å². The number of nitrogens with zero attached hydrogens (tertiary/aromatic N) is 1. The molecule has 2 N–H and O–H groups in total. The number of fused-ring (bicyclic) bond motifs is 1. The summed E-state index contributed by atoms with van der Waals surface area (Å²) in [5, 5.41) is 13.4. The van der Waals surface area contributed by atoms with Gasteiger partial charge in [0, 0.05) is 4.88 Å². The van der Waals surface area contributed by atoms with Gasteiger partial charge in [-0.25, -0.2) is 0 Å². The third-order valence-corrected chi connectivity index (χ3v) is 7.42. The summed E-state index contributed by atoms with van der Waals surface area (Å²) in [5.41, 5.74) is 1.86. The van der Waals surface area contributed by atoms with Crippen molar-refractivity contribution in [2.45, 2.75) is 51.2 Å². The average Bonchev–Trinajstić information content (AvgIpc) is 3.27. The topological polar surface area (TPSA) is 75.8 Å². The average molecular weight is 391 g/mol. The van der Waals surface area contributed by atoms with Crippen LogP contribution in [0.5, 0.6) is 0 Å². The fraction of sp³-hybridized carbons (Fsp3) is 0.700. The maximum Gasteiger partial charge on any atom is 0.280 e. The Morgan fingerprint density at radius 3 is 2.78 bits per heavy atom. The van der Waals surface area contributed by atoms with Crippen LogP contribution in [0.2, 0.25) is 0 Å². The summed E-state index contributed by atoms with van der Waals surface area (Å²) >= 11 is 1.61. The van der Waals surface area contributed by atoms with Crippen LogP contribution in [0.1, 0.15) is 48.6 Å². The van der Waals surface area contributed by atoms with Crippen LogP contribution in [0, 0.1) is 17.2 Å². The highest BCUT2D eigenvalue weighted by molar-refractivity contribution is 7.16. The van der Waals surface area contributed by atoms with Gasteiger partial charge in [0.2, 0.25) is 0 Å². The van der Waals surface area contributed by atoms with E-state index < -0.39 is 5.79 Å². The predicted molar refractivity (Wildman–Crippen MR) is 103 cm³/mol. The number of likely N-dealkylation sites (tertiary alicyclic amines) is 1. The molecule has 0 unspecified atom stereocenters. The maximum absolute atomic E-state index is 12.6. The van der Waals surface area contributed by atoms with Crippen molar-refractivity contribution in [2.75, 3.05) is 38.2 Å². The van der Waals surface area contributed by atoms with Crippen LogP contribution in [-0.2, 0) is 27.1 Å². The van der Waals surface area contributed by atoms with Crippen LogP contribution in [0.4, 0.5) is 5.00 Å². The molecule has 2 fully saturated rings. The summed E-state index contributed by atoms with van der Waals surface area (Å²) in [6.45, 7) is 5.75. The Kier molecular flexibility index (Phi) is 5.51. The van der Waals surface area contributed by atoms with E-state index in [-0.39, 0.29) is 5.91 Å². The van der Waals surface area contributed by atoms with Gasteiger partial charge in [-0.1, -0.05) is 13.3 Å². The lowest BCUT2D eigenvalue weighted by Gasteiger charge is -2.34. The minimum absolute atomic E-state index is 0.00338. The molecule has 7 heteroatoms. The Bertz CT molecular complexity index is 738. The first-order chi connectivity index (χ1) is 13.1. The van der Waals surface area contributed by atoms with Crippen LogP contribution in [0.3, 0.4) is 0 Å². The summed E-state index contributed by atoms with van der Waals surface area (Å²) in [7, 11) is 0. The molecule has 2 saturated heterocycles. The van der Waals surface area contributed by atoms with Gasteiger partial charge in [0.05, 0.1) is 44.7 Å². The maximum atomic E-state index is 12.6. The number of nitriles is 1. The van der Waals surface area contributed by atoms with Crippen molar-refractivity contribution in [3.05, 3.63) is 16.0 Å². The van der Waals surface area contributed by atoms with Crippen LogP contribution in [-0.4, -0.2) is 44.5 Å². The number of hydrogen-bond acceptors (Lipinski definition) is 5. The first kappa shape index (κ1) is 18.9. The predicted octanol–water partition coefficient (Wildman–Crippen LogP) is 1.49. The van der Waals surface area contributed by atoms with Crippen LogP contribution >= 0.6 is 11.3 Å². The number of carbonyl (C=O) groups is 1. The number of hydrogen-bond donors (Lipinski definition) is 2. The van der Waals surface area contributed by atoms with E-state index >= 15 is 0 Å². The monoisotopic (exact) mass is 390 g/mol. The van der Waals surface area contributed by atoms with Crippen molar-refractivity contribution in [3.63, 3.8) is 0 Å². The molecule has 6 nitrogen and oxygen atoms in total. The Labute approximate surface area is 164 Å². The van der Waals surface area contributed by atoms with Gasteiger partial charge in [-0.15, -0.1) is 11.3 Å². The number of ether oxygens (including phenoxy) is 2. The highest BCUT2D eigenvalue weighted by atomic mass is 32.1. The number of anilines is 1. The number of nitrogens with one attached hydrogen (secondary N) is 2. The molecule has 4 rings (SSSR count). The molecule has 0 saturated carbocycles. The van der Waals surface area contributed by atoms with Gasteiger partial charge >= 0.3 is 0 Å². The zero-order valence-electron chi connectivity index (χ0n) is 15.9. The molecule has 1 aliphatic carbocycles. The van der Waals surface area contributed by atoms with Gasteiger partial charge in [0.25, 0.3) is 5.91 Å². The lowest BCUT2D eigenvalue weighted by atomic mass is 9.86. The van der Waals surface area contributed by atoms with E-state index in [0.717, 1.165) is 50.2 Å². The second kappa shape index (κ2) is 7.88. The second-order valence-corrected chi connectivity index (χ2v) is 9.02. The summed E-state index contributed by atoms with van der Waals surface area (Å²) < 4.78 is 11.5. The summed E-state index contributed by atoms with van der Waals surface area (Å²) in [5.74, 6) is 0.309. The summed E-state index contributed by atoms with van der Waals surface area (Å²) in [6, 6.07) is 2.33. The van der Waals surface area contributed by atoms with Crippen molar-refractivity contribution in [3.8, 4) is 6.07 Å². The quantitative estimate of drug-likeness (QED) is 0.817. The van der Waals surface area contributed by atoms with E-state index in [1.165, 1.54) is 21.8 Å². The molecule has 27 heavy (non-hydrogen) atoms. The van der Waals surface area contributed by atoms with E-state index in [0.29, 0.717) is 31.2 Å². The van der Waals surface area contributed by atoms with Gasteiger partial charge in [-0.3, -0.25) is 4.79 Å². The van der Waals surface area contributed by atoms with E-state index in [1.54, 1.807) is 11.3 Å². The van der Waals surface area contributed by atoms with Crippen molar-refractivity contribution >= 4 is 22.2 Å². The molecular formula is C20H28N3O3S+. The molecule has 0 aromatic carbocycles. The van der Waals surface area contributed by atoms with Gasteiger partial charge in [0.15, 0.2) is 12.3 Å². The van der Waals surface area contributed by atoms with Crippen LogP contribution in [0.25, 0.3) is 0 Å². The lowest BCUT2D eigenvalue weighted by Crippen LogP contribution is -3.14. The van der Waals surface area contributed by atoms with Gasteiger partial charge < -0.3 is 19.7 Å². The Morgan fingerprint density at radius 1 is 1.37 bits per heavy atom. The normalized spacial score (nSPS) is 24.5. The molecule has 0 radical (unpaired) electrons. The number of amides is 1. The summed E-state index contributed by atoms with van der Waals surface area (Å²) in [4.78, 5) is 15.1. The Balaban J connectivity index is 1.36. The molecule has 146 valence electrons. The van der Waals surface area contributed by atoms with Crippen LogP contribution < -0.4 is 10.2 Å². The Morgan fingerprint density at radius 2 is 2.11 bits per heavy atom. The number of carbonyl (C=O) groups excluding carboxylic acids is 1. The van der Waals surface area contributed by atoms with E-state index in [9.17, 15) is 10.1 Å². The molecule has 1 aromatic rings. The molecule has 2 aliphatic heterocycles. The highest BCUT2D eigenvalue weighted by Crippen LogP contribution is 2.39. The third kappa shape index (κ3) is 3.90. The van der Waals surface area contributed by atoms with Crippen molar-refractivity contribution in [1.29, 1.82) is 5.26 Å². The fourth-order valence-electron chi connectivity index (χ4n) is 4.55. The molecule has 1 aromatic heterocycles. The smallest absolute Gasteiger partial charge is 0.280 e. The highest BCUT2D eigenvalue weighted by Gasteiger charge is 2.42. The first-order valence-electron chi connectivity index (χ1n) is 10.1. The summed E-state index contributed by atoms with van der Waals surface area (Å²) in [6.07, 6.45) is 6.00. The standard InChI is InChI=1S/C20H27N3O3S/c1-2-14-3-4-15-16(12-21)19(27-17(15)11-14)22-18(24)13-23-7-5-20(6-8-23)25-9-10-26-20/h14H,2-11,13H2,1H3,(H,22,24)/p+1/t14-/m0/s1. The first-order valence-corrected chi connectivity index (χ1v) is 10.9. The lowest BCUT2D eigenvalue weighted by molar-refractivity contribution is -0.900. The van der Waals surface area contributed by atoms with Crippen molar-refractivity contribution in [1.82, 2.24) is 0 Å². The van der Waals surface area contributed by atoms with Gasteiger partial charge in [-0.2, -0.15) is 5.26 Å². The second-order valence-electron chi connectivity index (χ2n) is 7.92. The zero-order chi connectivity index (χ0) is 18.9. The minimum atomic E-state index is -0.392. The van der Waals surface area contributed by atoms with Gasteiger partial charge in [-0.05, 0) is 30.7 Å². The molecule has 0 bridgehead atoms. The largest absolute Gasteiger partial charge is 0.347 e. The molecule has 1 atom stereocenters. The van der Waals surface area contributed by atoms with Gasteiger partial charge in [0.1, 0.15) is 11.1 Å². The molecular weight excluding hydrogens is 362 g/mol. The molecule has 3 heterocycles. The Hall–Kier alpha value is -1.46. The minimum Gasteiger partial charge on any atom is -0.347 e.